The van der Waals surface area contributed by atoms with E-state index in [9.17, 15) is 14.7 Å². The molecule has 0 aliphatic carbocycles. The molecule has 1 aliphatic heterocycles. The second-order valence-electron chi connectivity index (χ2n) is 7.64. The third kappa shape index (κ3) is 3.92. The average molecular weight is 399 g/mol. The van der Waals surface area contributed by atoms with E-state index in [4.69, 9.17) is 4.74 Å². The maximum atomic E-state index is 12.8. The molecule has 0 saturated carbocycles. The molecule has 2 N–H and O–H groups in total. The molecule has 3 rings (SSSR count). The number of ether oxygens (including phenoxy) is 1. The molecule has 0 radical (unpaired) electrons. The van der Waals surface area contributed by atoms with Crippen molar-refractivity contribution in [3.05, 3.63) is 56.8 Å². The summed E-state index contributed by atoms with van der Waals surface area (Å²) >= 11 is 0. The van der Waals surface area contributed by atoms with Gasteiger partial charge in [-0.1, -0.05) is 38.5 Å². The Morgan fingerprint density at radius 2 is 2.07 bits per heavy atom. The number of amides is 1. The Morgan fingerprint density at radius 1 is 1.31 bits per heavy atom. The van der Waals surface area contributed by atoms with Crippen LogP contribution in [0.2, 0.25) is 0 Å². The van der Waals surface area contributed by atoms with E-state index >= 15 is 0 Å². The first-order chi connectivity index (χ1) is 13.8. The van der Waals surface area contributed by atoms with E-state index in [-0.39, 0.29) is 12.2 Å². The van der Waals surface area contributed by atoms with E-state index in [2.05, 4.69) is 10.3 Å². The van der Waals surface area contributed by atoms with Crippen LogP contribution in [0.3, 0.4) is 0 Å². The molecule has 1 aromatic carbocycles. The number of rotatable bonds is 6. The fourth-order valence-electron chi connectivity index (χ4n) is 3.86. The van der Waals surface area contributed by atoms with Gasteiger partial charge in [0.15, 0.2) is 5.69 Å². The lowest BCUT2D eigenvalue weighted by atomic mass is 9.92. The predicted molar refractivity (Wildman–Crippen MR) is 110 cm³/mol. The van der Waals surface area contributed by atoms with Crippen LogP contribution in [0, 0.1) is 13.8 Å². The summed E-state index contributed by atoms with van der Waals surface area (Å²) in [5, 5.41) is 13.1. The third-order valence-electron chi connectivity index (χ3n) is 5.71. The van der Waals surface area contributed by atoms with Crippen LogP contribution in [0.5, 0.6) is 5.75 Å². The van der Waals surface area contributed by atoms with Crippen molar-refractivity contribution < 1.29 is 14.6 Å². The van der Waals surface area contributed by atoms with E-state index in [1.165, 1.54) is 10.1 Å². The van der Waals surface area contributed by atoms with E-state index < -0.39 is 22.8 Å². The van der Waals surface area contributed by atoms with E-state index in [0.717, 1.165) is 17.5 Å². The highest BCUT2D eigenvalue weighted by Crippen LogP contribution is 2.36. The Hall–Kier alpha value is -2.67. The fourth-order valence-corrected chi connectivity index (χ4v) is 3.86. The van der Waals surface area contributed by atoms with Gasteiger partial charge in [-0.25, -0.2) is 4.98 Å². The number of aryl methyl sites for hydroxylation is 2. The summed E-state index contributed by atoms with van der Waals surface area (Å²) in [4.78, 5) is 29.9. The van der Waals surface area contributed by atoms with Gasteiger partial charge in [0.05, 0.1) is 13.2 Å². The molecule has 7 heteroatoms. The molecule has 7 nitrogen and oxygen atoms in total. The van der Waals surface area contributed by atoms with Crippen molar-refractivity contribution in [2.24, 2.45) is 0 Å². The number of hydrogen-bond acceptors (Lipinski definition) is 5. The Morgan fingerprint density at radius 3 is 2.72 bits per heavy atom. The molecular weight excluding hydrogens is 370 g/mol. The van der Waals surface area contributed by atoms with Gasteiger partial charge in [0.25, 0.3) is 11.5 Å². The van der Waals surface area contributed by atoms with Crippen molar-refractivity contribution >= 4 is 5.91 Å². The van der Waals surface area contributed by atoms with E-state index in [0.29, 0.717) is 31.8 Å². The number of nitrogens with zero attached hydrogens (tertiary/aromatic N) is 2. The molecule has 0 bridgehead atoms. The minimum absolute atomic E-state index is 0.246. The Balaban J connectivity index is 1.94. The zero-order valence-corrected chi connectivity index (χ0v) is 17.5. The van der Waals surface area contributed by atoms with Crippen LogP contribution in [0.15, 0.2) is 23.0 Å². The lowest BCUT2D eigenvalue weighted by Gasteiger charge is -2.38. The molecule has 1 unspecified atom stereocenters. The monoisotopic (exact) mass is 399 g/mol. The topological polar surface area (TPSA) is 93.5 Å². The number of aromatic nitrogens is 2. The molecule has 0 fully saturated rings. The normalized spacial score (nSPS) is 18.3. The number of carbonyl (C=O) groups excluding carboxylic acids is 1. The summed E-state index contributed by atoms with van der Waals surface area (Å²) in [6, 6.07) is 5.94. The van der Waals surface area contributed by atoms with Crippen molar-refractivity contribution in [2.45, 2.75) is 65.6 Å². The Labute approximate surface area is 170 Å². The fraction of sp³-hybridized carbons (Fsp3) is 0.500. The highest BCUT2D eigenvalue weighted by atomic mass is 16.5. The van der Waals surface area contributed by atoms with Gasteiger partial charge in [-0.2, -0.15) is 0 Å². The summed E-state index contributed by atoms with van der Waals surface area (Å²) in [7, 11) is 0. The highest BCUT2D eigenvalue weighted by molar-refractivity contribution is 5.94. The number of nitrogens with one attached hydrogen (secondary N) is 1. The molecule has 1 amide bonds. The van der Waals surface area contributed by atoms with Crippen LogP contribution in [-0.4, -0.2) is 27.2 Å². The molecule has 1 aromatic heterocycles. The van der Waals surface area contributed by atoms with E-state index in [1.807, 2.05) is 45.9 Å². The Kier molecular flexibility index (Phi) is 6.07. The minimum Gasteiger partial charge on any atom is -0.501 e. The van der Waals surface area contributed by atoms with Gasteiger partial charge in [-0.05, 0) is 43.4 Å². The van der Waals surface area contributed by atoms with Gasteiger partial charge in [0, 0.05) is 6.54 Å². The average Bonchev–Trinajstić information content (AvgIpc) is 2.71. The molecule has 156 valence electrons. The number of benzene rings is 1. The van der Waals surface area contributed by atoms with Crippen LogP contribution >= 0.6 is 0 Å². The van der Waals surface area contributed by atoms with Crippen molar-refractivity contribution in [1.82, 2.24) is 14.9 Å². The highest BCUT2D eigenvalue weighted by Gasteiger charge is 2.40. The number of aromatic hydroxyl groups is 1. The molecule has 1 atom stereocenters. The second kappa shape index (κ2) is 8.37. The van der Waals surface area contributed by atoms with E-state index in [1.54, 1.807) is 0 Å². The van der Waals surface area contributed by atoms with Crippen molar-refractivity contribution in [1.29, 1.82) is 0 Å². The SMILES string of the molecule is CCCC1(CC)OCCn2c1nc(C(=O)NCc1ccc(C)c(C)c1)c(O)c2=O. The van der Waals surface area contributed by atoms with Gasteiger partial charge < -0.3 is 15.2 Å². The van der Waals surface area contributed by atoms with Gasteiger partial charge in [0.2, 0.25) is 5.75 Å². The first-order valence-electron chi connectivity index (χ1n) is 10.2. The number of carbonyl (C=O) groups is 1. The first kappa shape index (κ1) is 21.0. The molecular formula is C22H29N3O4. The third-order valence-corrected chi connectivity index (χ3v) is 5.71. The van der Waals surface area contributed by atoms with Gasteiger partial charge in [0.1, 0.15) is 11.4 Å². The summed E-state index contributed by atoms with van der Waals surface area (Å²) in [5.74, 6) is -0.768. The van der Waals surface area contributed by atoms with Gasteiger partial charge in [-0.3, -0.25) is 14.2 Å². The van der Waals surface area contributed by atoms with Crippen LogP contribution < -0.4 is 10.9 Å². The summed E-state index contributed by atoms with van der Waals surface area (Å²) in [5.41, 5.74) is 1.69. The molecule has 2 heterocycles. The van der Waals surface area contributed by atoms with Crippen molar-refractivity contribution in [3.63, 3.8) is 0 Å². The molecule has 29 heavy (non-hydrogen) atoms. The van der Waals surface area contributed by atoms with Crippen LogP contribution in [0.1, 0.15) is 66.1 Å². The van der Waals surface area contributed by atoms with Gasteiger partial charge >= 0.3 is 0 Å². The molecule has 0 spiro atoms. The summed E-state index contributed by atoms with van der Waals surface area (Å²) in [6.07, 6.45) is 2.16. The number of fused-ring (bicyclic) bond motifs is 1. The standard InChI is InChI=1S/C22H29N3O4/c1-5-9-22(6-2)21-24-17(18(26)20(28)25(21)10-11-29-22)19(27)23-13-16-8-7-14(3)15(4)12-16/h7-8,12,26H,5-6,9-11,13H2,1-4H3,(H,23,27). The summed E-state index contributed by atoms with van der Waals surface area (Å²) < 4.78 is 7.47. The van der Waals surface area contributed by atoms with Crippen LogP contribution in [0.25, 0.3) is 0 Å². The lowest BCUT2D eigenvalue weighted by molar-refractivity contribution is -0.0924. The largest absolute Gasteiger partial charge is 0.501 e. The molecule has 1 aliphatic rings. The quantitative estimate of drug-likeness (QED) is 0.779. The second-order valence-corrected chi connectivity index (χ2v) is 7.64. The van der Waals surface area contributed by atoms with Crippen LogP contribution in [0.4, 0.5) is 0 Å². The minimum atomic E-state index is -0.719. The van der Waals surface area contributed by atoms with Crippen LogP contribution in [-0.2, 0) is 23.4 Å². The maximum absolute atomic E-state index is 12.8. The Bertz CT molecular complexity index is 983. The predicted octanol–water partition coefficient (Wildman–Crippen LogP) is 2.93. The summed E-state index contributed by atoms with van der Waals surface area (Å²) in [6.45, 7) is 9.02. The van der Waals surface area contributed by atoms with Crippen molar-refractivity contribution in [3.8, 4) is 5.75 Å². The zero-order valence-electron chi connectivity index (χ0n) is 17.5. The maximum Gasteiger partial charge on any atom is 0.296 e. The molecule has 2 aromatic rings. The van der Waals surface area contributed by atoms with Crippen molar-refractivity contribution in [2.75, 3.05) is 6.61 Å². The first-order valence-corrected chi connectivity index (χ1v) is 10.2. The smallest absolute Gasteiger partial charge is 0.296 e. The zero-order chi connectivity index (χ0) is 21.2. The molecule has 0 saturated heterocycles. The number of hydrogen-bond donors (Lipinski definition) is 2. The van der Waals surface area contributed by atoms with Gasteiger partial charge in [-0.15, -0.1) is 0 Å². The lowest BCUT2D eigenvalue weighted by Crippen LogP contribution is -2.45.